The Morgan fingerprint density at radius 2 is 0.688 bits per heavy atom. The second kappa shape index (κ2) is 17.6. The maximum absolute atomic E-state index is 14.1. The van der Waals surface area contributed by atoms with Crippen LogP contribution in [-0.2, 0) is 0 Å². The Labute approximate surface area is 393 Å². The van der Waals surface area contributed by atoms with Crippen LogP contribution in [0.15, 0.2) is 152 Å². The number of hydrogen-bond acceptors (Lipinski definition) is 11. The number of imide groups is 2. The van der Waals surface area contributed by atoms with Gasteiger partial charge in [-0.1, -0.05) is 42.5 Å². The summed E-state index contributed by atoms with van der Waals surface area (Å²) in [6.45, 7) is 0. The Hall–Kier alpha value is -5.83. The summed E-state index contributed by atoms with van der Waals surface area (Å²) in [5.74, 6) is -1.42. The third kappa shape index (κ3) is 7.48. The minimum Gasteiger partial charge on any atom is -0.399 e. The molecule has 7 aromatic rings. The van der Waals surface area contributed by atoms with Crippen LogP contribution in [0.2, 0.25) is 0 Å². The van der Waals surface area contributed by atoms with E-state index in [9.17, 15) is 19.2 Å². The summed E-state index contributed by atoms with van der Waals surface area (Å²) in [6.07, 6.45) is 10.1. The number of benzene rings is 7. The first-order valence-electron chi connectivity index (χ1n) is 20.0. The Kier molecular flexibility index (Phi) is 12.0. The first-order valence-corrected chi connectivity index (χ1v) is 26.1. The molecule has 0 spiro atoms. The van der Waals surface area contributed by atoms with Crippen molar-refractivity contribution >= 4 is 105 Å². The lowest BCUT2D eigenvalue weighted by Gasteiger charge is -2.23. The number of hydrogen-bond donors (Lipinski definition) is 2. The van der Waals surface area contributed by atoms with Crippen molar-refractivity contribution in [2.45, 2.75) is 24.5 Å². The molecule has 8 nitrogen and oxygen atoms in total. The summed E-state index contributed by atoms with van der Waals surface area (Å²) in [7, 11) is 0. The zero-order chi connectivity index (χ0) is 45.0. The summed E-state index contributed by atoms with van der Waals surface area (Å²) >= 11 is 7.99. The maximum Gasteiger partial charge on any atom is 0.266 e. The molecule has 0 bridgehead atoms. The molecule has 2 aliphatic rings. The Bertz CT molecular complexity index is 3070. The molecule has 7 aromatic carbocycles. The molecule has 2 heterocycles. The van der Waals surface area contributed by atoms with Gasteiger partial charge in [0.15, 0.2) is 0 Å². The molecule has 0 aliphatic carbocycles. The maximum atomic E-state index is 14.1. The largest absolute Gasteiger partial charge is 0.399 e. The van der Waals surface area contributed by atoms with Crippen molar-refractivity contribution < 1.29 is 19.2 Å². The lowest BCUT2D eigenvalue weighted by Crippen LogP contribution is -2.29. The van der Waals surface area contributed by atoms with Crippen molar-refractivity contribution in [3.63, 3.8) is 0 Å². The molecule has 4 amide bonds. The fourth-order valence-corrected chi connectivity index (χ4v) is 11.6. The predicted octanol–water partition coefficient (Wildman–Crippen LogP) is 12.7. The third-order valence-electron chi connectivity index (χ3n) is 11.5. The van der Waals surface area contributed by atoms with Gasteiger partial charge < -0.3 is 11.5 Å². The van der Waals surface area contributed by atoms with E-state index in [4.69, 9.17) is 11.5 Å². The Balaban J connectivity index is 1.05. The van der Waals surface area contributed by atoms with Gasteiger partial charge in [-0.15, -0.1) is 58.8 Å². The lowest BCUT2D eigenvalue weighted by molar-refractivity contribution is 0.0910. The van der Waals surface area contributed by atoms with Gasteiger partial charge in [-0.05, 0) is 155 Å². The van der Waals surface area contributed by atoms with Gasteiger partial charge in [-0.3, -0.25) is 19.2 Å². The zero-order valence-electron chi connectivity index (χ0n) is 35.3. The molecular weight excluding hydrogens is 893 g/mol. The average molecular weight is 933 g/mol. The number of amides is 4. The van der Waals surface area contributed by atoms with Crippen LogP contribution < -0.4 is 21.3 Å². The molecule has 13 heteroatoms. The molecule has 0 radical (unpaired) electrons. The third-order valence-corrected chi connectivity index (χ3v) is 15.4. The number of anilines is 4. The van der Waals surface area contributed by atoms with Crippen LogP contribution in [0.5, 0.6) is 0 Å². The second-order valence-electron chi connectivity index (χ2n) is 15.0. The number of carbonyl (C=O) groups excluding carboxylic acids is 4. The molecular formula is C51H40N4O4S5. The van der Waals surface area contributed by atoms with E-state index in [2.05, 4.69) is 24.6 Å². The smallest absolute Gasteiger partial charge is 0.266 e. The predicted molar refractivity (Wildman–Crippen MR) is 271 cm³/mol. The first kappa shape index (κ1) is 43.4. The average Bonchev–Trinajstić information content (AvgIpc) is 3.73. The van der Waals surface area contributed by atoms with E-state index in [0.717, 1.165) is 69.0 Å². The van der Waals surface area contributed by atoms with E-state index >= 15 is 0 Å². The van der Waals surface area contributed by atoms with Crippen LogP contribution in [0.1, 0.15) is 41.4 Å². The highest BCUT2D eigenvalue weighted by atomic mass is 32.2. The zero-order valence-corrected chi connectivity index (χ0v) is 39.4. The van der Waals surface area contributed by atoms with Crippen LogP contribution >= 0.6 is 58.8 Å². The van der Waals surface area contributed by atoms with E-state index < -0.39 is 0 Å². The number of rotatable bonds is 11. The second-order valence-corrected chi connectivity index (χ2v) is 19.3. The SMILES string of the molecule is CSc1cc(N2C(=O)c3ccc(-c4ccc(N)cc4)cc3C2=O)ccc1-c1cc(SC)c(-c2c(SC)cc(N3C(=O)c4ccc(-c5ccc(N)cc5)cc4C3=O)cc2SC)cc1SC. The number of nitrogen functional groups attached to an aromatic ring is 2. The molecule has 0 fully saturated rings. The van der Waals surface area contributed by atoms with Gasteiger partial charge in [0.25, 0.3) is 23.6 Å². The van der Waals surface area contributed by atoms with Crippen molar-refractivity contribution in [3.8, 4) is 44.5 Å². The Morgan fingerprint density at radius 3 is 1.16 bits per heavy atom. The van der Waals surface area contributed by atoms with Crippen molar-refractivity contribution in [2.24, 2.45) is 0 Å². The molecule has 0 saturated carbocycles. The van der Waals surface area contributed by atoms with E-state index in [1.807, 2.05) is 110 Å². The van der Waals surface area contributed by atoms with Gasteiger partial charge in [0, 0.05) is 41.4 Å². The minimum atomic E-state index is -0.359. The van der Waals surface area contributed by atoms with Gasteiger partial charge in [-0.25, -0.2) is 9.80 Å². The van der Waals surface area contributed by atoms with Crippen LogP contribution in [-0.4, -0.2) is 54.9 Å². The molecule has 0 unspecified atom stereocenters. The van der Waals surface area contributed by atoms with Crippen LogP contribution in [0.3, 0.4) is 0 Å². The van der Waals surface area contributed by atoms with E-state index in [1.54, 1.807) is 83.1 Å². The Morgan fingerprint density at radius 1 is 0.328 bits per heavy atom. The molecule has 9 rings (SSSR count). The van der Waals surface area contributed by atoms with E-state index in [-0.39, 0.29) is 23.6 Å². The summed E-state index contributed by atoms with van der Waals surface area (Å²) in [5.41, 5.74) is 23.2. The van der Waals surface area contributed by atoms with E-state index in [0.29, 0.717) is 45.0 Å². The number of nitrogens with two attached hydrogens (primary N) is 2. The number of carbonyl (C=O) groups is 4. The normalized spacial score (nSPS) is 13.3. The van der Waals surface area contributed by atoms with Gasteiger partial charge >= 0.3 is 0 Å². The first-order chi connectivity index (χ1) is 31.0. The fraction of sp³-hybridized carbons (Fsp3) is 0.0980. The highest BCUT2D eigenvalue weighted by Crippen LogP contribution is 2.49. The molecule has 0 atom stereocenters. The van der Waals surface area contributed by atoms with Gasteiger partial charge in [0.05, 0.1) is 33.6 Å². The molecule has 318 valence electrons. The quantitative estimate of drug-likeness (QED) is 0.0731. The topological polar surface area (TPSA) is 127 Å². The highest BCUT2D eigenvalue weighted by molar-refractivity contribution is 8.00. The molecule has 0 aromatic heterocycles. The number of thioether (sulfide) groups is 5. The monoisotopic (exact) mass is 932 g/mol. The van der Waals surface area contributed by atoms with Crippen molar-refractivity contribution in [1.29, 1.82) is 0 Å². The number of nitrogens with zero attached hydrogens (tertiary/aromatic N) is 2. The van der Waals surface area contributed by atoms with E-state index in [1.165, 1.54) is 9.80 Å². The molecule has 64 heavy (non-hydrogen) atoms. The van der Waals surface area contributed by atoms with Crippen LogP contribution in [0.4, 0.5) is 22.7 Å². The summed E-state index contributed by atoms with van der Waals surface area (Å²) in [5, 5.41) is 0. The minimum absolute atomic E-state index is 0.350. The standard InChI is InChI=1S/C51H40N4O4S5/c1-60-42-22-33(54-48(56)36-17-10-29(20-39(36)50(54)58)27-6-12-31(52)13-7-27)16-19-35(42)38-25-44(62-3)41(26-43(38)61-2)47-45(63-4)23-34(24-46(47)64-5)55-49(57)37-18-11-30(21-40(37)51(55)59)28-8-14-32(53)15-9-28/h6-26H,52-53H2,1-5H3. The van der Waals surface area contributed by atoms with Crippen molar-refractivity contribution in [1.82, 2.24) is 0 Å². The van der Waals surface area contributed by atoms with Crippen LogP contribution in [0, 0.1) is 0 Å². The van der Waals surface area contributed by atoms with Crippen molar-refractivity contribution in [2.75, 3.05) is 52.5 Å². The van der Waals surface area contributed by atoms with Crippen LogP contribution in [0.25, 0.3) is 44.5 Å². The summed E-state index contributed by atoms with van der Waals surface area (Å²) in [6, 6.07) is 39.7. The highest BCUT2D eigenvalue weighted by Gasteiger charge is 2.39. The number of fused-ring (bicyclic) bond motifs is 2. The van der Waals surface area contributed by atoms with Gasteiger partial charge in [0.2, 0.25) is 0 Å². The lowest BCUT2D eigenvalue weighted by atomic mass is 9.99. The fourth-order valence-electron chi connectivity index (χ4n) is 8.30. The summed E-state index contributed by atoms with van der Waals surface area (Å²) < 4.78 is 0. The van der Waals surface area contributed by atoms with Gasteiger partial charge in [-0.2, -0.15) is 0 Å². The summed E-state index contributed by atoms with van der Waals surface area (Å²) in [4.78, 5) is 63.2. The molecule has 0 saturated heterocycles. The molecule has 4 N–H and O–H groups in total. The van der Waals surface area contributed by atoms with Gasteiger partial charge in [0.1, 0.15) is 0 Å². The molecule has 2 aliphatic heterocycles. The van der Waals surface area contributed by atoms with Crippen molar-refractivity contribution in [3.05, 3.63) is 150 Å².